The number of rotatable bonds is 12. The van der Waals surface area contributed by atoms with Crippen molar-refractivity contribution in [1.82, 2.24) is 10.2 Å². The second-order valence-electron chi connectivity index (χ2n) is 9.49. The Bertz CT molecular complexity index is 696. The Morgan fingerprint density at radius 1 is 0.667 bits per heavy atom. The number of benzene rings is 1. The van der Waals surface area contributed by atoms with E-state index in [1.54, 1.807) is 0 Å². The average molecular weight is 407 g/mol. The summed E-state index contributed by atoms with van der Waals surface area (Å²) in [5.74, 6) is 1.96. The van der Waals surface area contributed by atoms with Crippen LogP contribution < -0.4 is 0 Å². The van der Waals surface area contributed by atoms with Crippen molar-refractivity contribution in [3.8, 4) is 11.3 Å². The highest BCUT2D eigenvalue weighted by atomic mass is 15.1. The lowest BCUT2D eigenvalue weighted by Crippen LogP contribution is -2.15. The molecule has 0 N–H and O–H groups in total. The summed E-state index contributed by atoms with van der Waals surface area (Å²) in [4.78, 5) is 0. The molecule has 0 unspecified atom stereocenters. The minimum Gasteiger partial charge on any atom is -0.155 e. The molecule has 1 aromatic carbocycles. The number of aromatic nitrogens is 2. The Labute approximate surface area is 184 Å². The standard InChI is InChI=1S/C28H42N2/c1-3-5-7-9-23-11-13-24(14-12-23)15-16-25-17-19-26(20-18-25)28-22-21-27(29-30-28)10-8-6-4-2/h17-24H,3-16H2,1-2H3. The van der Waals surface area contributed by atoms with Gasteiger partial charge >= 0.3 is 0 Å². The van der Waals surface area contributed by atoms with Gasteiger partial charge in [0.2, 0.25) is 0 Å². The molecule has 2 nitrogen and oxygen atoms in total. The van der Waals surface area contributed by atoms with E-state index < -0.39 is 0 Å². The van der Waals surface area contributed by atoms with Gasteiger partial charge in [0.15, 0.2) is 0 Å². The molecule has 0 amide bonds. The van der Waals surface area contributed by atoms with E-state index in [9.17, 15) is 0 Å². The van der Waals surface area contributed by atoms with Gasteiger partial charge in [-0.3, -0.25) is 0 Å². The molecule has 30 heavy (non-hydrogen) atoms. The van der Waals surface area contributed by atoms with Crippen LogP contribution in [-0.4, -0.2) is 10.2 Å². The highest BCUT2D eigenvalue weighted by Gasteiger charge is 2.20. The van der Waals surface area contributed by atoms with Crippen molar-refractivity contribution < 1.29 is 0 Å². The zero-order valence-corrected chi connectivity index (χ0v) is 19.4. The van der Waals surface area contributed by atoms with Gasteiger partial charge in [0, 0.05) is 5.56 Å². The maximum atomic E-state index is 4.46. The fraction of sp³-hybridized carbons (Fsp3) is 0.643. The number of nitrogens with zero attached hydrogens (tertiary/aromatic N) is 2. The third-order valence-electron chi connectivity index (χ3n) is 7.03. The molecule has 2 heteroatoms. The molecule has 2 aromatic rings. The molecule has 1 fully saturated rings. The summed E-state index contributed by atoms with van der Waals surface area (Å²) < 4.78 is 0. The van der Waals surface area contributed by atoms with E-state index in [1.165, 1.54) is 94.6 Å². The topological polar surface area (TPSA) is 25.8 Å². The first-order chi connectivity index (χ1) is 14.8. The van der Waals surface area contributed by atoms with Crippen molar-refractivity contribution in [2.24, 2.45) is 11.8 Å². The van der Waals surface area contributed by atoms with Gasteiger partial charge in [-0.2, -0.15) is 10.2 Å². The van der Waals surface area contributed by atoms with Crippen LogP contribution >= 0.6 is 0 Å². The Kier molecular flexibility index (Phi) is 9.86. The predicted molar refractivity (Wildman–Crippen MR) is 129 cm³/mol. The van der Waals surface area contributed by atoms with E-state index in [4.69, 9.17) is 0 Å². The van der Waals surface area contributed by atoms with Crippen LogP contribution in [0.25, 0.3) is 11.3 Å². The molecule has 1 saturated carbocycles. The van der Waals surface area contributed by atoms with Crippen LogP contribution in [0.4, 0.5) is 0 Å². The van der Waals surface area contributed by atoms with Gasteiger partial charge in [0.25, 0.3) is 0 Å². The lowest BCUT2D eigenvalue weighted by atomic mass is 9.78. The second-order valence-corrected chi connectivity index (χ2v) is 9.49. The van der Waals surface area contributed by atoms with Crippen LogP contribution in [0.2, 0.25) is 0 Å². The van der Waals surface area contributed by atoms with Gasteiger partial charge in [-0.25, -0.2) is 0 Å². The summed E-state index contributed by atoms with van der Waals surface area (Å²) in [6.07, 6.45) is 18.9. The maximum Gasteiger partial charge on any atom is 0.0929 e. The van der Waals surface area contributed by atoms with E-state index in [0.29, 0.717) is 0 Å². The predicted octanol–water partition coefficient (Wildman–Crippen LogP) is 8.20. The fourth-order valence-electron chi connectivity index (χ4n) is 4.91. The number of aryl methyl sites for hydroxylation is 2. The van der Waals surface area contributed by atoms with E-state index in [0.717, 1.165) is 29.6 Å². The summed E-state index contributed by atoms with van der Waals surface area (Å²) in [7, 11) is 0. The van der Waals surface area contributed by atoms with Crippen molar-refractivity contribution in [1.29, 1.82) is 0 Å². The first-order valence-corrected chi connectivity index (χ1v) is 12.7. The zero-order valence-electron chi connectivity index (χ0n) is 19.4. The Balaban J connectivity index is 1.41. The van der Waals surface area contributed by atoms with Crippen molar-refractivity contribution in [2.75, 3.05) is 0 Å². The lowest BCUT2D eigenvalue weighted by molar-refractivity contribution is 0.249. The molecule has 3 rings (SSSR count). The number of hydrogen-bond acceptors (Lipinski definition) is 2. The molecule has 1 heterocycles. The highest BCUT2D eigenvalue weighted by Crippen LogP contribution is 2.34. The summed E-state index contributed by atoms with van der Waals surface area (Å²) >= 11 is 0. The summed E-state index contributed by atoms with van der Waals surface area (Å²) in [6, 6.07) is 13.3. The van der Waals surface area contributed by atoms with E-state index in [-0.39, 0.29) is 0 Å². The van der Waals surface area contributed by atoms with Gasteiger partial charge in [0.1, 0.15) is 0 Å². The van der Waals surface area contributed by atoms with Gasteiger partial charge in [-0.05, 0) is 55.2 Å². The molecule has 164 valence electrons. The van der Waals surface area contributed by atoms with Gasteiger partial charge in [-0.15, -0.1) is 0 Å². The van der Waals surface area contributed by atoms with Crippen LogP contribution in [0.15, 0.2) is 36.4 Å². The maximum absolute atomic E-state index is 4.46. The molecule has 1 aliphatic rings. The minimum absolute atomic E-state index is 0.943. The van der Waals surface area contributed by atoms with Gasteiger partial charge in [-0.1, -0.05) is 102 Å². The van der Waals surface area contributed by atoms with Crippen LogP contribution in [0.3, 0.4) is 0 Å². The minimum atomic E-state index is 0.943. The molecule has 0 atom stereocenters. The molecule has 0 saturated heterocycles. The van der Waals surface area contributed by atoms with Crippen molar-refractivity contribution in [3.05, 3.63) is 47.7 Å². The molecule has 0 aliphatic heterocycles. The number of hydrogen-bond donors (Lipinski definition) is 0. The monoisotopic (exact) mass is 406 g/mol. The Morgan fingerprint density at radius 2 is 1.33 bits per heavy atom. The fourth-order valence-corrected chi connectivity index (χ4v) is 4.91. The van der Waals surface area contributed by atoms with Crippen LogP contribution in [0, 0.1) is 11.8 Å². The molecule has 0 radical (unpaired) electrons. The van der Waals surface area contributed by atoms with Crippen molar-refractivity contribution in [2.45, 2.75) is 104 Å². The molecule has 1 aromatic heterocycles. The molecule has 0 spiro atoms. The molecule has 0 bridgehead atoms. The quantitative estimate of drug-likeness (QED) is 0.332. The second kappa shape index (κ2) is 12.9. The molecular weight excluding hydrogens is 364 g/mol. The Hall–Kier alpha value is -1.70. The SMILES string of the molecule is CCCCCc1ccc(-c2ccc(CCC3CCC(CCCCC)CC3)cc2)nn1. The Morgan fingerprint density at radius 3 is 1.97 bits per heavy atom. The van der Waals surface area contributed by atoms with E-state index in [2.05, 4.69) is 60.4 Å². The van der Waals surface area contributed by atoms with Crippen LogP contribution in [0.5, 0.6) is 0 Å². The lowest BCUT2D eigenvalue weighted by Gasteiger charge is -2.28. The molecular formula is C28H42N2. The smallest absolute Gasteiger partial charge is 0.0929 e. The van der Waals surface area contributed by atoms with E-state index in [1.807, 2.05) is 0 Å². The van der Waals surface area contributed by atoms with Crippen molar-refractivity contribution in [3.63, 3.8) is 0 Å². The first-order valence-electron chi connectivity index (χ1n) is 12.7. The molecule has 1 aliphatic carbocycles. The van der Waals surface area contributed by atoms with Crippen LogP contribution in [-0.2, 0) is 12.8 Å². The van der Waals surface area contributed by atoms with Gasteiger partial charge < -0.3 is 0 Å². The van der Waals surface area contributed by atoms with Crippen LogP contribution in [0.1, 0.15) is 102 Å². The normalized spacial score (nSPS) is 19.1. The summed E-state index contributed by atoms with van der Waals surface area (Å²) in [5, 5.41) is 8.89. The van der Waals surface area contributed by atoms with Gasteiger partial charge in [0.05, 0.1) is 11.4 Å². The third-order valence-corrected chi connectivity index (χ3v) is 7.03. The van der Waals surface area contributed by atoms with E-state index >= 15 is 0 Å². The summed E-state index contributed by atoms with van der Waals surface area (Å²) in [6.45, 7) is 4.54. The summed E-state index contributed by atoms with van der Waals surface area (Å²) in [5.41, 5.74) is 4.75. The average Bonchev–Trinajstić information content (AvgIpc) is 2.80. The largest absolute Gasteiger partial charge is 0.155 e. The first kappa shape index (κ1) is 23.0. The van der Waals surface area contributed by atoms with Crippen molar-refractivity contribution >= 4 is 0 Å². The highest BCUT2D eigenvalue weighted by molar-refractivity contribution is 5.58. The zero-order chi connectivity index (χ0) is 21.0. The third kappa shape index (κ3) is 7.52. The number of unbranched alkanes of at least 4 members (excludes halogenated alkanes) is 4.